The van der Waals surface area contributed by atoms with Crippen molar-refractivity contribution >= 4 is 17.9 Å². The van der Waals surface area contributed by atoms with Crippen LogP contribution in [-0.2, 0) is 19.1 Å². The molecule has 1 rings (SSSR count). The number of carbonyl (C=O) groups is 3. The minimum atomic E-state index is -1.03. The van der Waals surface area contributed by atoms with Gasteiger partial charge in [0, 0.05) is 6.42 Å². The van der Waals surface area contributed by atoms with Gasteiger partial charge in [0.15, 0.2) is 0 Å². The van der Waals surface area contributed by atoms with E-state index in [4.69, 9.17) is 4.74 Å². The number of carbonyl (C=O) groups excluding carboxylic acids is 1. The number of aliphatic carboxylic acids is 2. The Hall–Kier alpha value is -2.37. The minimum Gasteiger partial charge on any atom is -0.481 e. The van der Waals surface area contributed by atoms with Gasteiger partial charge in [-0.25, -0.2) is 0 Å². The standard InChI is InChI=1S/C19H26O6/c1-19(2,3)25-16(20)12-10-14(17(21)22)9-11-15(18(23)24)13-7-5-4-6-8-13/h4-8,14-15H,9-12H2,1-3H3,(H,21,22)(H,23,24)/t14-,15-/m1/s1. The monoisotopic (exact) mass is 350 g/mol. The molecule has 138 valence electrons. The first-order valence-electron chi connectivity index (χ1n) is 8.32. The van der Waals surface area contributed by atoms with E-state index in [9.17, 15) is 24.6 Å². The van der Waals surface area contributed by atoms with E-state index in [0.717, 1.165) is 0 Å². The van der Waals surface area contributed by atoms with Gasteiger partial charge in [0.05, 0.1) is 11.8 Å². The second-order valence-electron chi connectivity index (χ2n) is 7.04. The molecule has 0 aliphatic heterocycles. The minimum absolute atomic E-state index is 0.00267. The van der Waals surface area contributed by atoms with Crippen LogP contribution in [-0.4, -0.2) is 33.7 Å². The van der Waals surface area contributed by atoms with Crippen molar-refractivity contribution in [2.45, 2.75) is 58.0 Å². The first-order chi connectivity index (χ1) is 11.6. The molecular formula is C19H26O6. The molecule has 0 heterocycles. The predicted molar refractivity (Wildman–Crippen MR) is 92.3 cm³/mol. The van der Waals surface area contributed by atoms with E-state index in [2.05, 4.69) is 0 Å². The molecule has 0 amide bonds. The van der Waals surface area contributed by atoms with Crippen LogP contribution in [0.1, 0.15) is 57.9 Å². The number of ether oxygens (including phenoxy) is 1. The lowest BCUT2D eigenvalue weighted by atomic mass is 9.88. The van der Waals surface area contributed by atoms with Crippen LogP contribution < -0.4 is 0 Å². The Balaban J connectivity index is 2.64. The van der Waals surface area contributed by atoms with E-state index in [1.165, 1.54) is 0 Å². The number of carboxylic acid groups (broad SMARTS) is 2. The summed E-state index contributed by atoms with van der Waals surface area (Å²) >= 11 is 0. The zero-order valence-electron chi connectivity index (χ0n) is 14.9. The third kappa shape index (κ3) is 7.83. The van der Waals surface area contributed by atoms with Crippen molar-refractivity contribution in [3.05, 3.63) is 35.9 Å². The maximum Gasteiger partial charge on any atom is 0.310 e. The maximum atomic E-state index is 11.7. The molecule has 1 aromatic carbocycles. The molecule has 0 aromatic heterocycles. The fourth-order valence-electron chi connectivity index (χ4n) is 2.56. The Morgan fingerprint density at radius 1 is 0.960 bits per heavy atom. The molecule has 6 nitrogen and oxygen atoms in total. The highest BCUT2D eigenvalue weighted by Gasteiger charge is 2.26. The first-order valence-corrected chi connectivity index (χ1v) is 8.32. The number of rotatable bonds is 9. The lowest BCUT2D eigenvalue weighted by Crippen LogP contribution is -2.25. The molecule has 0 aliphatic carbocycles. The Labute approximate surface area is 147 Å². The van der Waals surface area contributed by atoms with Crippen LogP contribution >= 0.6 is 0 Å². The van der Waals surface area contributed by atoms with Gasteiger partial charge >= 0.3 is 17.9 Å². The largest absolute Gasteiger partial charge is 0.481 e. The molecule has 25 heavy (non-hydrogen) atoms. The molecule has 0 radical (unpaired) electrons. The van der Waals surface area contributed by atoms with E-state index in [-0.39, 0.29) is 25.7 Å². The lowest BCUT2D eigenvalue weighted by molar-refractivity contribution is -0.155. The van der Waals surface area contributed by atoms with E-state index in [0.29, 0.717) is 5.56 Å². The fourth-order valence-corrected chi connectivity index (χ4v) is 2.56. The SMILES string of the molecule is CC(C)(C)OC(=O)CC[C@@H](CC[C@@H](C(=O)O)c1ccccc1)C(=O)O. The summed E-state index contributed by atoms with van der Waals surface area (Å²) in [5.74, 6) is -4.00. The summed E-state index contributed by atoms with van der Waals surface area (Å²) in [6.45, 7) is 5.24. The van der Waals surface area contributed by atoms with Gasteiger partial charge in [-0.1, -0.05) is 30.3 Å². The third-order valence-corrected chi connectivity index (χ3v) is 3.77. The second-order valence-corrected chi connectivity index (χ2v) is 7.04. The molecule has 2 atom stereocenters. The smallest absolute Gasteiger partial charge is 0.310 e. The topological polar surface area (TPSA) is 101 Å². The summed E-state index contributed by atoms with van der Waals surface area (Å²) in [5, 5.41) is 18.7. The van der Waals surface area contributed by atoms with Crippen LogP contribution in [0.25, 0.3) is 0 Å². The van der Waals surface area contributed by atoms with Crippen LogP contribution in [0.15, 0.2) is 30.3 Å². The number of carboxylic acids is 2. The zero-order valence-corrected chi connectivity index (χ0v) is 14.9. The quantitative estimate of drug-likeness (QED) is 0.662. The highest BCUT2D eigenvalue weighted by atomic mass is 16.6. The van der Waals surface area contributed by atoms with E-state index >= 15 is 0 Å². The van der Waals surface area contributed by atoms with E-state index in [1.54, 1.807) is 51.1 Å². The molecule has 0 saturated heterocycles. The predicted octanol–water partition coefficient (Wildman–Crippen LogP) is 3.46. The van der Waals surface area contributed by atoms with Crippen LogP contribution in [0.5, 0.6) is 0 Å². The van der Waals surface area contributed by atoms with Crippen LogP contribution in [0, 0.1) is 5.92 Å². The lowest BCUT2D eigenvalue weighted by Gasteiger charge is -2.20. The second kappa shape index (κ2) is 9.20. The number of benzene rings is 1. The third-order valence-electron chi connectivity index (χ3n) is 3.77. The van der Waals surface area contributed by atoms with Gasteiger partial charge in [0.1, 0.15) is 5.60 Å². The molecule has 0 bridgehead atoms. The first kappa shape index (κ1) is 20.7. The van der Waals surface area contributed by atoms with Crippen molar-refractivity contribution in [1.29, 1.82) is 0 Å². The molecule has 0 saturated carbocycles. The van der Waals surface area contributed by atoms with Crippen LogP contribution in [0.3, 0.4) is 0 Å². The van der Waals surface area contributed by atoms with Gasteiger partial charge in [0.2, 0.25) is 0 Å². The van der Waals surface area contributed by atoms with Crippen molar-refractivity contribution in [3.8, 4) is 0 Å². The average molecular weight is 350 g/mol. The van der Waals surface area contributed by atoms with Crippen LogP contribution in [0.2, 0.25) is 0 Å². The van der Waals surface area contributed by atoms with Gasteiger partial charge in [-0.15, -0.1) is 0 Å². The summed E-state index contributed by atoms with van der Waals surface area (Å²) in [5.41, 5.74) is 0.0311. The summed E-state index contributed by atoms with van der Waals surface area (Å²) < 4.78 is 5.18. The van der Waals surface area contributed by atoms with Gasteiger partial charge in [-0.05, 0) is 45.6 Å². The highest BCUT2D eigenvalue weighted by Crippen LogP contribution is 2.26. The Morgan fingerprint density at radius 3 is 2.04 bits per heavy atom. The Bertz CT molecular complexity index is 588. The summed E-state index contributed by atoms with van der Waals surface area (Å²) in [6.07, 6.45) is 0.511. The van der Waals surface area contributed by atoms with E-state index in [1.807, 2.05) is 0 Å². The van der Waals surface area contributed by atoms with Gasteiger partial charge < -0.3 is 14.9 Å². The molecule has 2 N–H and O–H groups in total. The molecule has 0 unspecified atom stereocenters. The molecule has 0 aliphatic rings. The van der Waals surface area contributed by atoms with Gasteiger partial charge in [-0.2, -0.15) is 0 Å². The number of hydrogen-bond acceptors (Lipinski definition) is 4. The maximum absolute atomic E-state index is 11.7. The van der Waals surface area contributed by atoms with Crippen molar-refractivity contribution in [3.63, 3.8) is 0 Å². The van der Waals surface area contributed by atoms with Gasteiger partial charge in [0.25, 0.3) is 0 Å². The van der Waals surface area contributed by atoms with Crippen molar-refractivity contribution in [1.82, 2.24) is 0 Å². The molecule has 0 fully saturated rings. The zero-order chi connectivity index (χ0) is 19.0. The molecular weight excluding hydrogens is 324 g/mol. The van der Waals surface area contributed by atoms with E-state index < -0.39 is 35.3 Å². The van der Waals surface area contributed by atoms with Crippen LogP contribution in [0.4, 0.5) is 0 Å². The fraction of sp³-hybridized carbons (Fsp3) is 0.526. The summed E-state index contributed by atoms with van der Waals surface area (Å²) in [7, 11) is 0. The summed E-state index contributed by atoms with van der Waals surface area (Å²) in [4.78, 5) is 34.6. The highest BCUT2D eigenvalue weighted by molar-refractivity contribution is 5.76. The normalized spacial score (nSPS) is 13.7. The summed E-state index contributed by atoms with van der Waals surface area (Å²) in [6, 6.07) is 8.73. The number of esters is 1. The molecule has 0 spiro atoms. The molecule has 1 aromatic rings. The van der Waals surface area contributed by atoms with Crippen molar-refractivity contribution < 1.29 is 29.3 Å². The van der Waals surface area contributed by atoms with Crippen molar-refractivity contribution in [2.75, 3.05) is 0 Å². The van der Waals surface area contributed by atoms with Gasteiger partial charge in [-0.3, -0.25) is 14.4 Å². The van der Waals surface area contributed by atoms with Crippen molar-refractivity contribution in [2.24, 2.45) is 5.92 Å². The molecule has 6 heteroatoms. The Kier molecular flexibility index (Phi) is 7.61. The number of hydrogen-bond donors (Lipinski definition) is 2. The Morgan fingerprint density at radius 2 is 1.56 bits per heavy atom. The average Bonchev–Trinajstić information content (AvgIpc) is 2.49.